The third-order valence-electron chi connectivity index (χ3n) is 3.50. The average molecular weight is 299 g/mol. The number of carbonyl (C=O) groups is 1. The molecule has 0 saturated carbocycles. The van der Waals surface area contributed by atoms with Crippen LogP contribution in [0.1, 0.15) is 51.2 Å². The van der Waals surface area contributed by atoms with Crippen LogP contribution in [0.2, 0.25) is 5.02 Å². The summed E-state index contributed by atoms with van der Waals surface area (Å²) in [6, 6.07) is 1.72. The molecule has 0 saturated heterocycles. The molecule has 2 rings (SSSR count). The first-order valence-electron chi connectivity index (χ1n) is 6.58. The summed E-state index contributed by atoms with van der Waals surface area (Å²) in [5, 5.41) is 9.66. The zero-order valence-corrected chi connectivity index (χ0v) is 12.9. The lowest BCUT2D eigenvalue weighted by molar-refractivity contribution is -0.138. The van der Waals surface area contributed by atoms with E-state index < -0.39 is 11.4 Å². The molecule has 1 heterocycles. The SMILES string of the molecule is CC(C)c1c2c(cc(Cl)c1C(C)(C)CC(=O)O)OCO2. The zero-order valence-electron chi connectivity index (χ0n) is 12.1. The summed E-state index contributed by atoms with van der Waals surface area (Å²) in [5.74, 6) is 0.636. The van der Waals surface area contributed by atoms with Crippen LogP contribution in [0.25, 0.3) is 0 Å². The number of rotatable bonds is 4. The molecule has 1 N–H and O–H groups in total. The van der Waals surface area contributed by atoms with Gasteiger partial charge in [0.05, 0.1) is 6.42 Å². The lowest BCUT2D eigenvalue weighted by atomic mass is 9.76. The molecule has 0 spiro atoms. The predicted octanol–water partition coefficient (Wildman–Crippen LogP) is 3.94. The second kappa shape index (κ2) is 5.17. The smallest absolute Gasteiger partial charge is 0.304 e. The van der Waals surface area contributed by atoms with Gasteiger partial charge in [0, 0.05) is 22.1 Å². The van der Waals surface area contributed by atoms with E-state index in [1.54, 1.807) is 6.07 Å². The van der Waals surface area contributed by atoms with E-state index in [2.05, 4.69) is 0 Å². The number of carboxylic acid groups (broad SMARTS) is 1. The molecule has 0 aliphatic carbocycles. The summed E-state index contributed by atoms with van der Waals surface area (Å²) in [4.78, 5) is 11.1. The molecule has 0 aromatic heterocycles. The molecule has 0 bridgehead atoms. The van der Waals surface area contributed by atoms with E-state index in [0.29, 0.717) is 16.5 Å². The lowest BCUT2D eigenvalue weighted by Gasteiger charge is -2.29. The van der Waals surface area contributed by atoms with E-state index in [4.69, 9.17) is 26.2 Å². The molecule has 1 aliphatic rings. The normalized spacial score (nSPS) is 13.9. The summed E-state index contributed by atoms with van der Waals surface area (Å²) in [6.07, 6.45) is 0.00604. The first-order valence-corrected chi connectivity index (χ1v) is 6.96. The van der Waals surface area contributed by atoms with Crippen LogP contribution in [-0.4, -0.2) is 17.9 Å². The quantitative estimate of drug-likeness (QED) is 0.914. The molecule has 0 atom stereocenters. The third-order valence-corrected chi connectivity index (χ3v) is 3.80. The highest BCUT2D eigenvalue weighted by Gasteiger charge is 2.34. The molecular weight excluding hydrogens is 280 g/mol. The van der Waals surface area contributed by atoms with Crippen LogP contribution in [0, 0.1) is 0 Å². The van der Waals surface area contributed by atoms with E-state index in [1.807, 2.05) is 27.7 Å². The number of carboxylic acids is 1. The Labute approximate surface area is 123 Å². The van der Waals surface area contributed by atoms with Gasteiger partial charge in [-0.3, -0.25) is 4.79 Å². The molecule has 0 radical (unpaired) electrons. The van der Waals surface area contributed by atoms with Crippen LogP contribution in [0.15, 0.2) is 6.07 Å². The van der Waals surface area contributed by atoms with Gasteiger partial charge >= 0.3 is 5.97 Å². The van der Waals surface area contributed by atoms with Crippen LogP contribution in [0.3, 0.4) is 0 Å². The predicted molar refractivity (Wildman–Crippen MR) is 76.9 cm³/mol. The fourth-order valence-electron chi connectivity index (χ4n) is 2.74. The minimum absolute atomic E-state index is 0.00604. The van der Waals surface area contributed by atoms with Crippen LogP contribution in [0.5, 0.6) is 11.5 Å². The summed E-state index contributed by atoms with van der Waals surface area (Å²) in [7, 11) is 0. The number of ether oxygens (including phenoxy) is 2. The van der Waals surface area contributed by atoms with E-state index >= 15 is 0 Å². The largest absolute Gasteiger partial charge is 0.481 e. The van der Waals surface area contributed by atoms with Crippen LogP contribution in [0.4, 0.5) is 0 Å². The Balaban J connectivity index is 2.66. The van der Waals surface area contributed by atoms with Gasteiger partial charge in [-0.2, -0.15) is 0 Å². The molecule has 0 fully saturated rings. The summed E-state index contributed by atoms with van der Waals surface area (Å²) < 4.78 is 11.0. The number of hydrogen-bond donors (Lipinski definition) is 1. The van der Waals surface area contributed by atoms with Crippen LogP contribution >= 0.6 is 11.6 Å². The molecular formula is C15H19ClO4. The van der Waals surface area contributed by atoms with Gasteiger partial charge in [0.2, 0.25) is 6.79 Å². The monoisotopic (exact) mass is 298 g/mol. The summed E-state index contributed by atoms with van der Waals surface area (Å²) >= 11 is 6.40. The van der Waals surface area contributed by atoms with Gasteiger partial charge in [-0.05, 0) is 11.5 Å². The fraction of sp³-hybridized carbons (Fsp3) is 0.533. The molecule has 0 amide bonds. The fourth-order valence-corrected chi connectivity index (χ4v) is 3.20. The van der Waals surface area contributed by atoms with Crippen LogP contribution in [-0.2, 0) is 10.2 Å². The lowest BCUT2D eigenvalue weighted by Crippen LogP contribution is -2.24. The van der Waals surface area contributed by atoms with Crippen molar-refractivity contribution in [3.8, 4) is 11.5 Å². The minimum atomic E-state index is -0.849. The highest BCUT2D eigenvalue weighted by Crippen LogP contribution is 2.49. The van der Waals surface area contributed by atoms with E-state index in [9.17, 15) is 4.79 Å². The van der Waals surface area contributed by atoms with Crippen molar-refractivity contribution in [1.82, 2.24) is 0 Å². The molecule has 1 aliphatic heterocycles. The molecule has 1 aromatic carbocycles. The number of benzene rings is 1. The Kier molecular flexibility index (Phi) is 3.87. The first-order chi connectivity index (χ1) is 9.24. The van der Waals surface area contributed by atoms with Crippen molar-refractivity contribution in [3.05, 3.63) is 22.2 Å². The van der Waals surface area contributed by atoms with Gasteiger partial charge in [0.1, 0.15) is 0 Å². The first kappa shape index (κ1) is 15.0. The Morgan fingerprint density at radius 3 is 2.65 bits per heavy atom. The van der Waals surface area contributed by atoms with Gasteiger partial charge in [-0.25, -0.2) is 0 Å². The van der Waals surface area contributed by atoms with Gasteiger partial charge in [0.25, 0.3) is 0 Å². The van der Waals surface area contributed by atoms with Crippen molar-refractivity contribution < 1.29 is 19.4 Å². The Morgan fingerprint density at radius 1 is 1.45 bits per heavy atom. The van der Waals surface area contributed by atoms with E-state index in [0.717, 1.165) is 11.1 Å². The van der Waals surface area contributed by atoms with Crippen LogP contribution < -0.4 is 9.47 Å². The van der Waals surface area contributed by atoms with E-state index in [1.165, 1.54) is 0 Å². The van der Waals surface area contributed by atoms with Crippen molar-refractivity contribution >= 4 is 17.6 Å². The Morgan fingerprint density at radius 2 is 2.10 bits per heavy atom. The maximum Gasteiger partial charge on any atom is 0.304 e. The average Bonchev–Trinajstić information content (AvgIpc) is 2.71. The second-order valence-electron chi connectivity index (χ2n) is 5.99. The van der Waals surface area contributed by atoms with Crippen molar-refractivity contribution in [2.45, 2.75) is 45.4 Å². The third kappa shape index (κ3) is 2.57. The van der Waals surface area contributed by atoms with Crippen molar-refractivity contribution in [3.63, 3.8) is 0 Å². The van der Waals surface area contributed by atoms with Gasteiger partial charge in [-0.1, -0.05) is 39.3 Å². The number of aliphatic carboxylic acids is 1. The summed E-state index contributed by atoms with van der Waals surface area (Å²) in [5.41, 5.74) is 1.20. The molecule has 1 aromatic rings. The van der Waals surface area contributed by atoms with Gasteiger partial charge in [-0.15, -0.1) is 0 Å². The Bertz CT molecular complexity index is 549. The van der Waals surface area contributed by atoms with Gasteiger partial charge in [0.15, 0.2) is 11.5 Å². The number of halogens is 1. The molecule has 5 heteroatoms. The highest BCUT2D eigenvalue weighted by molar-refractivity contribution is 6.32. The topological polar surface area (TPSA) is 55.8 Å². The minimum Gasteiger partial charge on any atom is -0.481 e. The highest BCUT2D eigenvalue weighted by atomic mass is 35.5. The second-order valence-corrected chi connectivity index (χ2v) is 6.40. The van der Waals surface area contributed by atoms with E-state index in [-0.39, 0.29) is 19.1 Å². The van der Waals surface area contributed by atoms with Crippen molar-refractivity contribution in [2.24, 2.45) is 0 Å². The molecule has 0 unspecified atom stereocenters. The standard InChI is InChI=1S/C15H19ClO4/c1-8(2)12-13(15(3,4)6-11(17)18)9(16)5-10-14(12)20-7-19-10/h5,8H,6-7H2,1-4H3,(H,17,18). The van der Waals surface area contributed by atoms with Crippen molar-refractivity contribution in [1.29, 1.82) is 0 Å². The molecule has 4 nitrogen and oxygen atoms in total. The zero-order chi connectivity index (χ0) is 15.1. The maximum atomic E-state index is 11.1. The summed E-state index contributed by atoms with van der Waals surface area (Å²) in [6.45, 7) is 8.02. The Hall–Kier alpha value is -1.42. The van der Waals surface area contributed by atoms with Gasteiger partial charge < -0.3 is 14.6 Å². The molecule has 20 heavy (non-hydrogen) atoms. The number of fused-ring (bicyclic) bond motifs is 1. The number of hydrogen-bond acceptors (Lipinski definition) is 3. The molecule has 110 valence electrons. The van der Waals surface area contributed by atoms with Crippen molar-refractivity contribution in [2.75, 3.05) is 6.79 Å². The maximum absolute atomic E-state index is 11.1.